The zero-order chi connectivity index (χ0) is 13.4. The molecule has 5 N–H and O–H groups in total. The van der Waals surface area contributed by atoms with E-state index in [0.717, 1.165) is 6.42 Å². The average molecular weight is 251 g/mol. The maximum Gasteiger partial charge on any atom is 0.251 e. The number of aromatic nitrogens is 1. The van der Waals surface area contributed by atoms with E-state index in [4.69, 9.17) is 5.84 Å². The van der Waals surface area contributed by atoms with Crippen LogP contribution in [0.4, 0.5) is 5.82 Å². The van der Waals surface area contributed by atoms with E-state index in [1.165, 1.54) is 12.3 Å². The summed E-state index contributed by atoms with van der Waals surface area (Å²) >= 11 is 0. The number of pyridine rings is 1. The van der Waals surface area contributed by atoms with Gasteiger partial charge in [-0.2, -0.15) is 0 Å². The Balaban J connectivity index is 2.47. The van der Waals surface area contributed by atoms with Gasteiger partial charge in [0, 0.05) is 18.3 Å². The molecule has 0 saturated carbocycles. The number of anilines is 1. The van der Waals surface area contributed by atoms with Gasteiger partial charge >= 0.3 is 0 Å². The van der Waals surface area contributed by atoms with Gasteiger partial charge in [-0.05, 0) is 18.6 Å². The molecule has 98 valence electrons. The Labute approximate surface area is 105 Å². The summed E-state index contributed by atoms with van der Waals surface area (Å²) in [7, 11) is 0. The van der Waals surface area contributed by atoms with Crippen LogP contribution in [0.2, 0.25) is 0 Å². The van der Waals surface area contributed by atoms with Crippen molar-refractivity contribution in [3.63, 3.8) is 0 Å². The number of carbonyl (C=O) groups is 2. The Kier molecular flexibility index (Phi) is 5.59. The van der Waals surface area contributed by atoms with E-state index in [0.29, 0.717) is 17.9 Å². The molecule has 1 aromatic rings. The van der Waals surface area contributed by atoms with Gasteiger partial charge in [-0.25, -0.2) is 10.8 Å². The van der Waals surface area contributed by atoms with Gasteiger partial charge in [0.25, 0.3) is 5.91 Å². The Morgan fingerprint density at radius 3 is 2.83 bits per heavy atom. The van der Waals surface area contributed by atoms with Gasteiger partial charge in [-0.15, -0.1) is 0 Å². The van der Waals surface area contributed by atoms with Crippen LogP contribution in [0.15, 0.2) is 18.3 Å². The molecule has 0 aliphatic heterocycles. The lowest BCUT2D eigenvalue weighted by Crippen LogP contribution is -2.37. The molecule has 1 heterocycles. The minimum absolute atomic E-state index is 0.0491. The molecule has 0 aliphatic carbocycles. The molecule has 1 rings (SSSR count). The van der Waals surface area contributed by atoms with Crippen molar-refractivity contribution >= 4 is 17.6 Å². The second-order valence-corrected chi connectivity index (χ2v) is 3.61. The number of nitrogens with zero attached hydrogens (tertiary/aromatic N) is 1. The molecule has 1 aromatic heterocycles. The highest BCUT2D eigenvalue weighted by molar-refractivity contribution is 5.96. The van der Waals surface area contributed by atoms with Crippen LogP contribution in [-0.2, 0) is 4.79 Å². The second-order valence-electron chi connectivity index (χ2n) is 3.61. The van der Waals surface area contributed by atoms with Crippen LogP contribution < -0.4 is 21.9 Å². The summed E-state index contributed by atoms with van der Waals surface area (Å²) in [6, 6.07) is 3.04. The van der Waals surface area contributed by atoms with E-state index in [1.807, 2.05) is 6.92 Å². The predicted molar refractivity (Wildman–Crippen MR) is 67.7 cm³/mol. The van der Waals surface area contributed by atoms with Gasteiger partial charge in [-0.1, -0.05) is 6.92 Å². The molecule has 0 saturated heterocycles. The molecule has 0 atom stereocenters. The standard InChI is InChI=1S/C11H17N5O2/c1-2-4-14-10(17)7-15-11(18)8-3-5-13-9(6-8)16-12/h3,5-6H,2,4,7,12H2,1H3,(H,13,16)(H,14,17)(H,15,18). The number of carbonyl (C=O) groups excluding carboxylic acids is 2. The van der Waals surface area contributed by atoms with Gasteiger partial charge in [0.2, 0.25) is 5.91 Å². The van der Waals surface area contributed by atoms with Crippen molar-refractivity contribution < 1.29 is 9.59 Å². The number of amides is 2. The normalized spacial score (nSPS) is 9.67. The highest BCUT2D eigenvalue weighted by Gasteiger charge is 2.08. The van der Waals surface area contributed by atoms with Crippen molar-refractivity contribution in [3.05, 3.63) is 23.9 Å². The Morgan fingerprint density at radius 1 is 1.39 bits per heavy atom. The molecule has 0 aliphatic rings. The number of nitrogens with two attached hydrogens (primary N) is 1. The van der Waals surface area contributed by atoms with Crippen molar-refractivity contribution in [2.24, 2.45) is 5.84 Å². The molecule has 0 bridgehead atoms. The molecular weight excluding hydrogens is 234 g/mol. The summed E-state index contributed by atoms with van der Waals surface area (Å²) in [5.74, 6) is 5.02. The smallest absolute Gasteiger partial charge is 0.251 e. The fourth-order valence-corrected chi connectivity index (χ4v) is 1.24. The SMILES string of the molecule is CCCNC(=O)CNC(=O)c1ccnc(NN)c1. The number of nitrogens with one attached hydrogen (secondary N) is 3. The monoisotopic (exact) mass is 251 g/mol. The zero-order valence-corrected chi connectivity index (χ0v) is 10.2. The summed E-state index contributed by atoms with van der Waals surface area (Å²) in [6.07, 6.45) is 2.32. The van der Waals surface area contributed by atoms with Gasteiger partial charge in [0.1, 0.15) is 5.82 Å². The minimum Gasteiger partial charge on any atom is -0.355 e. The average Bonchev–Trinajstić information content (AvgIpc) is 2.42. The van der Waals surface area contributed by atoms with Crippen molar-refractivity contribution in [3.8, 4) is 0 Å². The van der Waals surface area contributed by atoms with Crippen molar-refractivity contribution in [1.29, 1.82) is 0 Å². The fraction of sp³-hybridized carbons (Fsp3) is 0.364. The van der Waals surface area contributed by atoms with Crippen LogP contribution in [-0.4, -0.2) is 29.9 Å². The lowest BCUT2D eigenvalue weighted by Gasteiger charge is -2.06. The summed E-state index contributed by atoms with van der Waals surface area (Å²) < 4.78 is 0. The van der Waals surface area contributed by atoms with Gasteiger partial charge in [0.05, 0.1) is 6.54 Å². The molecule has 0 unspecified atom stereocenters. The third-order valence-corrected chi connectivity index (χ3v) is 2.15. The van der Waals surface area contributed by atoms with Crippen LogP contribution in [0.3, 0.4) is 0 Å². The summed E-state index contributed by atoms with van der Waals surface area (Å²) in [5, 5.41) is 5.17. The molecular formula is C11H17N5O2. The highest BCUT2D eigenvalue weighted by atomic mass is 16.2. The summed E-state index contributed by atoms with van der Waals surface area (Å²) in [6.45, 7) is 2.51. The lowest BCUT2D eigenvalue weighted by atomic mass is 10.2. The van der Waals surface area contributed by atoms with E-state index in [-0.39, 0.29) is 18.4 Å². The lowest BCUT2D eigenvalue weighted by molar-refractivity contribution is -0.120. The van der Waals surface area contributed by atoms with Gasteiger partial charge in [0.15, 0.2) is 0 Å². The van der Waals surface area contributed by atoms with Crippen molar-refractivity contribution in [2.45, 2.75) is 13.3 Å². The van der Waals surface area contributed by atoms with E-state index in [9.17, 15) is 9.59 Å². The molecule has 0 spiro atoms. The molecule has 7 nitrogen and oxygen atoms in total. The Morgan fingerprint density at radius 2 is 2.17 bits per heavy atom. The molecule has 18 heavy (non-hydrogen) atoms. The maximum absolute atomic E-state index is 11.7. The quantitative estimate of drug-likeness (QED) is 0.407. The second kappa shape index (κ2) is 7.23. The first-order valence-corrected chi connectivity index (χ1v) is 5.65. The Bertz CT molecular complexity index is 422. The van der Waals surface area contributed by atoms with Crippen LogP contribution in [0.1, 0.15) is 23.7 Å². The van der Waals surface area contributed by atoms with Crippen LogP contribution in [0.25, 0.3) is 0 Å². The fourth-order valence-electron chi connectivity index (χ4n) is 1.24. The van der Waals surface area contributed by atoms with Gasteiger partial charge in [-0.3, -0.25) is 9.59 Å². The van der Waals surface area contributed by atoms with E-state index in [1.54, 1.807) is 6.07 Å². The van der Waals surface area contributed by atoms with Crippen molar-refractivity contribution in [1.82, 2.24) is 15.6 Å². The largest absolute Gasteiger partial charge is 0.355 e. The molecule has 7 heteroatoms. The number of hydrogen-bond donors (Lipinski definition) is 4. The van der Waals surface area contributed by atoms with E-state index >= 15 is 0 Å². The molecule has 2 amide bonds. The number of rotatable bonds is 6. The van der Waals surface area contributed by atoms with E-state index in [2.05, 4.69) is 21.0 Å². The first kappa shape index (κ1) is 13.9. The van der Waals surface area contributed by atoms with Crippen LogP contribution >= 0.6 is 0 Å². The summed E-state index contributed by atoms with van der Waals surface area (Å²) in [5.41, 5.74) is 2.73. The molecule has 0 fully saturated rings. The highest BCUT2D eigenvalue weighted by Crippen LogP contribution is 2.04. The Hall–Kier alpha value is -2.15. The number of nitrogen functional groups attached to an aromatic ring is 1. The maximum atomic E-state index is 11.7. The number of hydrazine groups is 1. The van der Waals surface area contributed by atoms with E-state index < -0.39 is 0 Å². The van der Waals surface area contributed by atoms with Crippen LogP contribution in [0, 0.1) is 0 Å². The first-order chi connectivity index (χ1) is 8.67. The zero-order valence-electron chi connectivity index (χ0n) is 10.2. The van der Waals surface area contributed by atoms with Crippen LogP contribution in [0.5, 0.6) is 0 Å². The minimum atomic E-state index is -0.347. The summed E-state index contributed by atoms with van der Waals surface area (Å²) in [4.78, 5) is 26.9. The molecule has 0 aromatic carbocycles. The van der Waals surface area contributed by atoms with Crippen molar-refractivity contribution in [2.75, 3.05) is 18.5 Å². The van der Waals surface area contributed by atoms with Gasteiger partial charge < -0.3 is 16.1 Å². The first-order valence-electron chi connectivity index (χ1n) is 5.65. The molecule has 0 radical (unpaired) electrons. The topological polar surface area (TPSA) is 109 Å². The predicted octanol–water partition coefficient (Wildman–Crippen LogP) is -0.377. The number of hydrogen-bond acceptors (Lipinski definition) is 5. The third kappa shape index (κ3) is 4.38. The third-order valence-electron chi connectivity index (χ3n) is 2.15.